The molecular weight excluding hydrogens is 264 g/mol. The molecule has 1 amide bonds. The molecule has 0 radical (unpaired) electrons. The molecule has 21 heavy (non-hydrogen) atoms. The molecule has 0 spiro atoms. The summed E-state index contributed by atoms with van der Waals surface area (Å²) >= 11 is 0. The number of amides is 1. The second-order valence-electron chi connectivity index (χ2n) is 6.42. The summed E-state index contributed by atoms with van der Waals surface area (Å²) in [6.07, 6.45) is 11.1. The van der Waals surface area contributed by atoms with Crippen LogP contribution in [0.4, 0.5) is 0 Å². The number of carbonyl (C=O) groups is 1. The van der Waals surface area contributed by atoms with E-state index in [4.69, 9.17) is 4.74 Å². The van der Waals surface area contributed by atoms with Crippen LogP contribution >= 0.6 is 0 Å². The average molecular weight is 298 g/mol. The highest BCUT2D eigenvalue weighted by Gasteiger charge is 2.42. The number of hydrogen-bond acceptors (Lipinski definition) is 3. The number of ether oxygens (including phenoxy) is 1. The molecule has 2 fully saturated rings. The molecule has 4 nitrogen and oxygen atoms in total. The van der Waals surface area contributed by atoms with Crippen LogP contribution in [0.3, 0.4) is 0 Å². The molecule has 4 heteroatoms. The van der Waals surface area contributed by atoms with Crippen LogP contribution in [0, 0.1) is 0 Å². The van der Waals surface area contributed by atoms with Gasteiger partial charge in [-0.15, -0.1) is 0 Å². The Morgan fingerprint density at radius 3 is 2.05 bits per heavy atom. The van der Waals surface area contributed by atoms with Crippen molar-refractivity contribution in [2.75, 3.05) is 6.54 Å². The molecule has 1 N–H and O–H groups in total. The number of amidine groups is 1. The Labute approximate surface area is 131 Å². The summed E-state index contributed by atoms with van der Waals surface area (Å²) in [7, 11) is 0. The van der Waals surface area contributed by atoms with Gasteiger partial charge in [0.25, 0.3) is 5.91 Å². The predicted molar refractivity (Wildman–Crippen MR) is 89.8 cm³/mol. The van der Waals surface area contributed by atoms with E-state index in [1.807, 2.05) is 20.8 Å². The van der Waals surface area contributed by atoms with Crippen LogP contribution in [0.5, 0.6) is 0 Å². The predicted octanol–water partition coefficient (Wildman–Crippen LogP) is 4.09. The fourth-order valence-electron chi connectivity index (χ4n) is 2.85. The van der Waals surface area contributed by atoms with E-state index in [0.717, 1.165) is 5.84 Å². The Balaban J connectivity index is 0.000000465. The molecule has 1 aliphatic carbocycles. The SMILES string of the molecule is C1CCCCCC1.CCN=C1CC(C)(OC(C)C)C(=O)N1.[HH]. The van der Waals surface area contributed by atoms with Gasteiger partial charge in [0.15, 0.2) is 5.60 Å². The van der Waals surface area contributed by atoms with E-state index >= 15 is 0 Å². The largest absolute Gasteiger partial charge is 0.362 e. The highest BCUT2D eigenvalue weighted by atomic mass is 16.5. The standard InChI is InChI=1S/C10H18N2O2.C7H14.H2/c1-5-11-8-6-10(4,9(13)12-8)14-7(2)3;1-2-4-6-7-5-3-1;/h7H,5-6H2,1-4H3,(H,11,12,13);1-7H2;1H. The molecule has 0 aromatic heterocycles. The van der Waals surface area contributed by atoms with Crippen LogP contribution in [0.2, 0.25) is 0 Å². The Kier molecular flexibility index (Phi) is 7.94. The van der Waals surface area contributed by atoms with E-state index in [1.54, 1.807) is 6.92 Å². The number of rotatable bonds is 3. The Morgan fingerprint density at radius 1 is 1.19 bits per heavy atom. The minimum absolute atomic E-state index is 0. The Hall–Kier alpha value is -0.900. The molecular formula is C17H34N2O2. The molecule has 0 bridgehead atoms. The zero-order valence-electron chi connectivity index (χ0n) is 14.2. The fraction of sp³-hybridized carbons (Fsp3) is 0.882. The molecule has 1 saturated carbocycles. The van der Waals surface area contributed by atoms with Crippen molar-refractivity contribution in [3.63, 3.8) is 0 Å². The lowest BCUT2D eigenvalue weighted by Crippen LogP contribution is -2.39. The van der Waals surface area contributed by atoms with Gasteiger partial charge in [0, 0.05) is 14.4 Å². The Morgan fingerprint density at radius 2 is 1.67 bits per heavy atom. The summed E-state index contributed by atoms with van der Waals surface area (Å²) < 4.78 is 5.59. The lowest BCUT2D eigenvalue weighted by Gasteiger charge is -2.23. The van der Waals surface area contributed by atoms with Gasteiger partial charge in [0.2, 0.25) is 0 Å². The first-order chi connectivity index (χ1) is 9.98. The normalized spacial score (nSPS) is 28.0. The number of aliphatic imine (C=N–C) groups is 1. The van der Waals surface area contributed by atoms with Crippen molar-refractivity contribution in [2.45, 2.75) is 90.8 Å². The van der Waals surface area contributed by atoms with Gasteiger partial charge in [0.1, 0.15) is 5.84 Å². The number of carbonyl (C=O) groups excluding carboxylic acids is 1. The molecule has 0 aromatic rings. The van der Waals surface area contributed by atoms with Crippen LogP contribution in [-0.2, 0) is 9.53 Å². The van der Waals surface area contributed by atoms with E-state index < -0.39 is 5.60 Å². The van der Waals surface area contributed by atoms with Gasteiger partial charge >= 0.3 is 0 Å². The highest BCUT2D eigenvalue weighted by molar-refractivity contribution is 6.09. The summed E-state index contributed by atoms with van der Waals surface area (Å²) in [6.45, 7) is 8.28. The van der Waals surface area contributed by atoms with Gasteiger partial charge in [-0.1, -0.05) is 44.9 Å². The minimum Gasteiger partial charge on any atom is -0.362 e. The van der Waals surface area contributed by atoms with Gasteiger partial charge in [-0.25, -0.2) is 0 Å². The summed E-state index contributed by atoms with van der Waals surface area (Å²) in [5.74, 6) is 0.652. The summed E-state index contributed by atoms with van der Waals surface area (Å²) in [4.78, 5) is 15.8. The van der Waals surface area contributed by atoms with E-state index in [-0.39, 0.29) is 13.4 Å². The van der Waals surface area contributed by atoms with Crippen LogP contribution in [0.25, 0.3) is 0 Å². The van der Waals surface area contributed by atoms with Gasteiger partial charge in [0.05, 0.1) is 6.10 Å². The third-order valence-electron chi connectivity index (χ3n) is 3.84. The number of hydrogen-bond donors (Lipinski definition) is 1. The maximum atomic E-state index is 11.6. The van der Waals surface area contributed by atoms with E-state index in [0.29, 0.717) is 13.0 Å². The third-order valence-corrected chi connectivity index (χ3v) is 3.84. The molecule has 2 aliphatic rings. The maximum Gasteiger partial charge on any atom is 0.257 e. The van der Waals surface area contributed by atoms with Crippen LogP contribution in [-0.4, -0.2) is 30.0 Å². The van der Waals surface area contributed by atoms with E-state index in [9.17, 15) is 4.79 Å². The first-order valence-corrected chi connectivity index (χ1v) is 8.50. The molecule has 1 aliphatic heterocycles. The molecule has 1 saturated heterocycles. The van der Waals surface area contributed by atoms with Gasteiger partial charge in [-0.2, -0.15) is 0 Å². The molecule has 1 atom stereocenters. The lowest BCUT2D eigenvalue weighted by atomic mass is 10.0. The summed E-state index contributed by atoms with van der Waals surface area (Å²) in [5, 5.41) is 2.74. The van der Waals surface area contributed by atoms with Crippen molar-refractivity contribution in [3.05, 3.63) is 0 Å². The van der Waals surface area contributed by atoms with Gasteiger partial charge in [-0.05, 0) is 27.7 Å². The quantitative estimate of drug-likeness (QED) is 0.798. The van der Waals surface area contributed by atoms with Crippen LogP contribution < -0.4 is 5.32 Å². The smallest absolute Gasteiger partial charge is 0.257 e. The van der Waals surface area contributed by atoms with Crippen molar-refractivity contribution in [3.8, 4) is 0 Å². The lowest BCUT2D eigenvalue weighted by molar-refractivity contribution is -0.144. The first kappa shape index (κ1) is 18.1. The zero-order chi connectivity index (χ0) is 15.7. The summed E-state index contributed by atoms with van der Waals surface area (Å²) in [5.41, 5.74) is -0.734. The van der Waals surface area contributed by atoms with Crippen LogP contribution in [0.1, 0.15) is 80.5 Å². The summed E-state index contributed by atoms with van der Waals surface area (Å²) in [6, 6.07) is 0. The average Bonchev–Trinajstić information content (AvgIpc) is 2.64. The van der Waals surface area contributed by atoms with Crippen molar-refractivity contribution in [1.29, 1.82) is 0 Å². The molecule has 1 unspecified atom stereocenters. The second kappa shape index (κ2) is 9.19. The van der Waals surface area contributed by atoms with Crippen LogP contribution in [0.15, 0.2) is 4.99 Å². The third kappa shape index (κ3) is 6.60. The second-order valence-corrected chi connectivity index (χ2v) is 6.42. The first-order valence-electron chi connectivity index (χ1n) is 8.50. The van der Waals surface area contributed by atoms with Crippen molar-refractivity contribution in [1.82, 2.24) is 5.32 Å². The molecule has 2 rings (SSSR count). The Bertz CT molecular complexity index is 339. The van der Waals surface area contributed by atoms with Crippen molar-refractivity contribution >= 4 is 11.7 Å². The number of nitrogens with one attached hydrogen (secondary N) is 1. The van der Waals surface area contributed by atoms with Gasteiger partial charge < -0.3 is 10.1 Å². The van der Waals surface area contributed by atoms with Crippen molar-refractivity contribution < 1.29 is 11.0 Å². The van der Waals surface area contributed by atoms with E-state index in [2.05, 4.69) is 10.3 Å². The molecule has 1 heterocycles. The monoisotopic (exact) mass is 298 g/mol. The van der Waals surface area contributed by atoms with E-state index in [1.165, 1.54) is 44.9 Å². The molecule has 124 valence electrons. The fourth-order valence-corrected chi connectivity index (χ4v) is 2.85. The van der Waals surface area contributed by atoms with Gasteiger partial charge in [-0.3, -0.25) is 9.79 Å². The minimum atomic E-state index is -0.734. The van der Waals surface area contributed by atoms with Crippen molar-refractivity contribution in [2.24, 2.45) is 4.99 Å². The maximum absolute atomic E-state index is 11.6. The molecule has 0 aromatic carbocycles. The highest BCUT2D eigenvalue weighted by Crippen LogP contribution is 2.23. The number of nitrogens with zero attached hydrogens (tertiary/aromatic N) is 1. The topological polar surface area (TPSA) is 50.7 Å². The zero-order valence-corrected chi connectivity index (χ0v) is 14.2.